The molecule has 1 atom stereocenters. The Kier molecular flexibility index (Phi) is 4.76. The smallest absolute Gasteiger partial charge is 0.124 e. The number of fused-ring (bicyclic) bond motifs is 1. The standard InChI is InChI=1S/C20H24N2OS/c1-13(2)11-14(3)22(4)16-7-5-15(6-8-16)20-21-18-10-9-17(23)12-19(18)24-20/h5-10,12-14,23H,11H2,1-4H3. The predicted octanol–water partition coefficient (Wildman–Crippen LogP) is 5.54. The Morgan fingerprint density at radius 1 is 1.08 bits per heavy atom. The number of hydrogen-bond acceptors (Lipinski definition) is 4. The quantitative estimate of drug-likeness (QED) is 0.662. The van der Waals surface area contributed by atoms with Crippen molar-refractivity contribution in [2.45, 2.75) is 33.2 Å². The van der Waals surface area contributed by atoms with E-state index in [1.807, 2.05) is 6.07 Å². The minimum Gasteiger partial charge on any atom is -0.508 e. The number of benzene rings is 2. The van der Waals surface area contributed by atoms with E-state index in [0.29, 0.717) is 12.0 Å². The molecule has 3 aromatic rings. The summed E-state index contributed by atoms with van der Waals surface area (Å²) in [6, 6.07) is 14.4. The highest BCUT2D eigenvalue weighted by molar-refractivity contribution is 7.21. The number of thiazole rings is 1. The zero-order chi connectivity index (χ0) is 17.3. The summed E-state index contributed by atoms with van der Waals surface area (Å²) in [6.45, 7) is 6.80. The SMILES string of the molecule is CC(C)CC(C)N(C)c1ccc(-c2nc3ccc(O)cc3s2)cc1. The highest BCUT2D eigenvalue weighted by atomic mass is 32.1. The van der Waals surface area contributed by atoms with E-state index in [9.17, 15) is 5.11 Å². The third-order valence-electron chi connectivity index (χ3n) is 4.37. The Hall–Kier alpha value is -2.07. The fraction of sp³-hybridized carbons (Fsp3) is 0.350. The molecule has 0 aliphatic carbocycles. The van der Waals surface area contributed by atoms with Gasteiger partial charge in [0.05, 0.1) is 10.2 Å². The van der Waals surface area contributed by atoms with Crippen molar-refractivity contribution in [3.05, 3.63) is 42.5 Å². The molecule has 4 heteroatoms. The van der Waals surface area contributed by atoms with Crippen LogP contribution in [0, 0.1) is 5.92 Å². The third-order valence-corrected chi connectivity index (χ3v) is 5.43. The first-order chi connectivity index (χ1) is 11.4. The van der Waals surface area contributed by atoms with Crippen LogP contribution < -0.4 is 4.90 Å². The van der Waals surface area contributed by atoms with Crippen molar-refractivity contribution < 1.29 is 5.11 Å². The van der Waals surface area contributed by atoms with E-state index in [1.54, 1.807) is 23.5 Å². The lowest BCUT2D eigenvalue weighted by Gasteiger charge is -2.28. The molecule has 126 valence electrons. The molecule has 0 saturated heterocycles. The van der Waals surface area contributed by atoms with Crippen molar-refractivity contribution in [1.82, 2.24) is 4.98 Å². The van der Waals surface area contributed by atoms with Gasteiger partial charge in [0.1, 0.15) is 10.8 Å². The number of aromatic nitrogens is 1. The van der Waals surface area contributed by atoms with Crippen LogP contribution >= 0.6 is 11.3 Å². The van der Waals surface area contributed by atoms with Gasteiger partial charge in [0.25, 0.3) is 0 Å². The van der Waals surface area contributed by atoms with E-state index in [1.165, 1.54) is 12.1 Å². The van der Waals surface area contributed by atoms with Gasteiger partial charge in [0.15, 0.2) is 0 Å². The molecule has 1 unspecified atom stereocenters. The molecule has 3 rings (SSSR count). The molecule has 1 aromatic heterocycles. The van der Waals surface area contributed by atoms with Gasteiger partial charge >= 0.3 is 0 Å². The van der Waals surface area contributed by atoms with Gasteiger partial charge in [0.2, 0.25) is 0 Å². The average Bonchev–Trinajstić information content (AvgIpc) is 2.96. The van der Waals surface area contributed by atoms with Crippen molar-refractivity contribution in [3.63, 3.8) is 0 Å². The van der Waals surface area contributed by atoms with Gasteiger partial charge < -0.3 is 10.0 Å². The zero-order valence-corrected chi connectivity index (χ0v) is 15.5. The molecular formula is C20H24N2OS. The summed E-state index contributed by atoms with van der Waals surface area (Å²) in [7, 11) is 2.16. The lowest BCUT2D eigenvalue weighted by molar-refractivity contribution is 0.476. The molecule has 0 radical (unpaired) electrons. The van der Waals surface area contributed by atoms with Crippen LogP contribution in [0.3, 0.4) is 0 Å². The maximum atomic E-state index is 9.60. The van der Waals surface area contributed by atoms with E-state index in [4.69, 9.17) is 0 Å². The lowest BCUT2D eigenvalue weighted by Crippen LogP contribution is -2.29. The predicted molar refractivity (Wildman–Crippen MR) is 104 cm³/mol. The number of phenolic OH excluding ortho intramolecular Hbond substituents is 1. The van der Waals surface area contributed by atoms with Crippen LogP contribution in [-0.4, -0.2) is 23.2 Å². The molecule has 0 amide bonds. The summed E-state index contributed by atoms with van der Waals surface area (Å²) in [5.74, 6) is 0.981. The fourth-order valence-corrected chi connectivity index (χ4v) is 3.97. The monoisotopic (exact) mass is 340 g/mol. The number of nitrogens with zero attached hydrogens (tertiary/aromatic N) is 2. The molecular weight excluding hydrogens is 316 g/mol. The minimum absolute atomic E-state index is 0.286. The number of hydrogen-bond donors (Lipinski definition) is 1. The number of aromatic hydroxyl groups is 1. The molecule has 0 spiro atoms. The van der Waals surface area contributed by atoms with Crippen LogP contribution in [0.1, 0.15) is 27.2 Å². The summed E-state index contributed by atoms with van der Waals surface area (Å²) >= 11 is 1.61. The Morgan fingerprint density at radius 3 is 2.46 bits per heavy atom. The van der Waals surface area contributed by atoms with Crippen molar-refractivity contribution in [2.24, 2.45) is 5.92 Å². The van der Waals surface area contributed by atoms with Gasteiger partial charge in [0, 0.05) is 24.3 Å². The zero-order valence-electron chi connectivity index (χ0n) is 14.7. The second-order valence-electron chi connectivity index (χ2n) is 6.81. The van der Waals surface area contributed by atoms with Crippen molar-refractivity contribution in [3.8, 4) is 16.3 Å². The van der Waals surface area contributed by atoms with Crippen molar-refractivity contribution in [1.29, 1.82) is 0 Å². The van der Waals surface area contributed by atoms with Gasteiger partial charge in [-0.2, -0.15) is 0 Å². The number of anilines is 1. The Bertz CT molecular complexity index is 823. The van der Waals surface area contributed by atoms with E-state index in [0.717, 1.165) is 20.8 Å². The third kappa shape index (κ3) is 3.54. The van der Waals surface area contributed by atoms with Crippen LogP contribution in [0.5, 0.6) is 5.75 Å². The molecule has 1 heterocycles. The molecule has 2 aromatic carbocycles. The largest absolute Gasteiger partial charge is 0.508 e. The van der Waals surface area contributed by atoms with E-state index in [2.05, 4.69) is 62.0 Å². The first kappa shape index (κ1) is 16.8. The number of rotatable bonds is 5. The molecule has 0 fully saturated rings. The molecule has 3 nitrogen and oxygen atoms in total. The van der Waals surface area contributed by atoms with E-state index >= 15 is 0 Å². The van der Waals surface area contributed by atoms with Gasteiger partial charge in [-0.3, -0.25) is 0 Å². The maximum Gasteiger partial charge on any atom is 0.124 e. The molecule has 1 N–H and O–H groups in total. The second kappa shape index (κ2) is 6.81. The molecule has 0 aliphatic heterocycles. The van der Waals surface area contributed by atoms with Crippen LogP contribution in [0.4, 0.5) is 5.69 Å². The normalized spacial score (nSPS) is 12.7. The lowest BCUT2D eigenvalue weighted by atomic mass is 10.0. The average molecular weight is 340 g/mol. The second-order valence-corrected chi connectivity index (χ2v) is 7.84. The van der Waals surface area contributed by atoms with E-state index < -0.39 is 0 Å². The van der Waals surface area contributed by atoms with Crippen LogP contribution in [0.2, 0.25) is 0 Å². The summed E-state index contributed by atoms with van der Waals surface area (Å²) in [4.78, 5) is 7.00. The maximum absolute atomic E-state index is 9.60. The first-order valence-corrected chi connectivity index (χ1v) is 9.18. The summed E-state index contributed by atoms with van der Waals surface area (Å²) < 4.78 is 1.01. The van der Waals surface area contributed by atoms with Crippen LogP contribution in [0.15, 0.2) is 42.5 Å². The van der Waals surface area contributed by atoms with Crippen LogP contribution in [0.25, 0.3) is 20.8 Å². The highest BCUT2D eigenvalue weighted by Gasteiger charge is 2.12. The highest BCUT2D eigenvalue weighted by Crippen LogP contribution is 2.33. The Balaban J connectivity index is 1.82. The Labute approximate surface area is 147 Å². The summed E-state index contributed by atoms with van der Waals surface area (Å²) in [5.41, 5.74) is 3.27. The topological polar surface area (TPSA) is 36.4 Å². The van der Waals surface area contributed by atoms with Crippen molar-refractivity contribution >= 4 is 27.2 Å². The van der Waals surface area contributed by atoms with Gasteiger partial charge in [-0.1, -0.05) is 13.8 Å². The van der Waals surface area contributed by atoms with Gasteiger partial charge in [-0.05, 0) is 61.7 Å². The molecule has 0 aliphatic rings. The molecule has 24 heavy (non-hydrogen) atoms. The van der Waals surface area contributed by atoms with Gasteiger partial charge in [-0.15, -0.1) is 11.3 Å². The van der Waals surface area contributed by atoms with E-state index in [-0.39, 0.29) is 5.75 Å². The summed E-state index contributed by atoms with van der Waals surface area (Å²) in [6.07, 6.45) is 1.18. The molecule has 0 bridgehead atoms. The Morgan fingerprint density at radius 2 is 1.79 bits per heavy atom. The fourth-order valence-electron chi connectivity index (χ4n) is 2.97. The number of phenols is 1. The van der Waals surface area contributed by atoms with Crippen LogP contribution in [-0.2, 0) is 0 Å². The summed E-state index contributed by atoms with van der Waals surface area (Å²) in [5, 5.41) is 10.6. The minimum atomic E-state index is 0.286. The first-order valence-electron chi connectivity index (χ1n) is 8.37. The van der Waals surface area contributed by atoms with Gasteiger partial charge in [-0.25, -0.2) is 4.98 Å². The van der Waals surface area contributed by atoms with Crippen molar-refractivity contribution in [2.75, 3.05) is 11.9 Å². The molecule has 0 saturated carbocycles.